The van der Waals surface area contributed by atoms with Crippen molar-refractivity contribution < 1.29 is 14.3 Å². The number of ether oxygens (including phenoxy) is 2. The first-order valence-corrected chi connectivity index (χ1v) is 6.34. The highest BCUT2D eigenvalue weighted by atomic mass is 35.5. The maximum absolute atomic E-state index is 11.3. The number of benzene rings is 1. The number of hydrogen-bond donors (Lipinski definition) is 1. The molecule has 1 aromatic rings. The van der Waals surface area contributed by atoms with Crippen LogP contribution in [0.25, 0.3) is 0 Å². The summed E-state index contributed by atoms with van der Waals surface area (Å²) in [6.07, 6.45) is 1.96. The molecule has 1 aliphatic rings. The van der Waals surface area contributed by atoms with Crippen molar-refractivity contribution in [1.82, 2.24) is 0 Å². The van der Waals surface area contributed by atoms with E-state index in [0.29, 0.717) is 28.9 Å². The Kier molecular flexibility index (Phi) is 4.44. The lowest BCUT2D eigenvalue weighted by Crippen LogP contribution is -2.22. The van der Waals surface area contributed by atoms with E-state index in [1.54, 1.807) is 18.2 Å². The van der Waals surface area contributed by atoms with Crippen LogP contribution in [0.5, 0.6) is 5.75 Å². The highest BCUT2D eigenvalue weighted by Gasteiger charge is 2.16. The van der Waals surface area contributed by atoms with E-state index in [0.717, 1.165) is 26.1 Å². The minimum absolute atomic E-state index is 0.367. The van der Waals surface area contributed by atoms with Crippen molar-refractivity contribution >= 4 is 17.5 Å². The van der Waals surface area contributed by atoms with Crippen LogP contribution in [0.2, 0.25) is 5.02 Å². The average Bonchev–Trinajstić information content (AvgIpc) is 2.37. The molecule has 1 saturated heterocycles. The van der Waals surface area contributed by atoms with E-state index >= 15 is 0 Å². The molecule has 2 rings (SSSR count). The Labute approximate surface area is 111 Å². The van der Waals surface area contributed by atoms with Crippen LogP contribution in [0.15, 0.2) is 18.2 Å². The molecule has 1 aromatic carbocycles. The third-order valence-electron chi connectivity index (χ3n) is 3.02. The van der Waals surface area contributed by atoms with Crippen LogP contribution in [0.3, 0.4) is 0 Å². The topological polar surface area (TPSA) is 61.6 Å². The molecule has 1 fully saturated rings. The zero-order valence-electron chi connectivity index (χ0n) is 10.0. The van der Waals surface area contributed by atoms with Crippen molar-refractivity contribution in [2.24, 2.45) is 11.7 Å². The molecule has 0 atom stereocenters. The molecule has 1 aliphatic heterocycles. The summed E-state index contributed by atoms with van der Waals surface area (Å²) in [7, 11) is 0. The lowest BCUT2D eigenvalue weighted by molar-refractivity contribution is 0.0495. The number of primary amides is 1. The number of hydrogen-bond acceptors (Lipinski definition) is 3. The fourth-order valence-corrected chi connectivity index (χ4v) is 2.10. The number of carbonyl (C=O) groups excluding carboxylic acids is 1. The second-order valence-corrected chi connectivity index (χ2v) is 4.81. The van der Waals surface area contributed by atoms with Crippen LogP contribution in [0, 0.1) is 5.92 Å². The largest absolute Gasteiger partial charge is 0.492 e. The number of carbonyl (C=O) groups is 1. The quantitative estimate of drug-likeness (QED) is 0.912. The predicted octanol–water partition coefficient (Wildman–Crippen LogP) is 2.24. The summed E-state index contributed by atoms with van der Waals surface area (Å²) >= 11 is 5.89. The zero-order valence-corrected chi connectivity index (χ0v) is 10.8. The van der Waals surface area contributed by atoms with Gasteiger partial charge in [-0.05, 0) is 37.0 Å². The van der Waals surface area contributed by atoms with Crippen LogP contribution in [-0.2, 0) is 4.74 Å². The molecule has 0 radical (unpaired) electrons. The fraction of sp³-hybridized carbons (Fsp3) is 0.462. The van der Waals surface area contributed by atoms with Gasteiger partial charge >= 0.3 is 0 Å². The van der Waals surface area contributed by atoms with Crippen molar-refractivity contribution in [3.63, 3.8) is 0 Å². The van der Waals surface area contributed by atoms with Crippen molar-refractivity contribution in [1.29, 1.82) is 0 Å². The maximum Gasteiger partial charge on any atom is 0.252 e. The average molecular weight is 270 g/mol. The van der Waals surface area contributed by atoms with Crippen molar-refractivity contribution in [2.75, 3.05) is 19.8 Å². The Balaban J connectivity index is 2.03. The van der Waals surface area contributed by atoms with Gasteiger partial charge in [-0.1, -0.05) is 11.6 Å². The molecule has 1 amide bonds. The molecule has 18 heavy (non-hydrogen) atoms. The first kappa shape index (κ1) is 13.2. The number of amides is 1. The molecular formula is C13H16ClNO3. The zero-order chi connectivity index (χ0) is 13.0. The summed E-state index contributed by atoms with van der Waals surface area (Å²) in [5.74, 6) is 0.411. The molecule has 0 bridgehead atoms. The highest BCUT2D eigenvalue weighted by molar-refractivity contribution is 6.30. The molecule has 0 unspecified atom stereocenters. The van der Waals surface area contributed by atoms with Gasteiger partial charge in [0, 0.05) is 18.2 Å². The number of rotatable bonds is 4. The van der Waals surface area contributed by atoms with Gasteiger partial charge in [-0.25, -0.2) is 0 Å². The molecule has 4 nitrogen and oxygen atoms in total. The standard InChI is InChI=1S/C13H16ClNO3/c14-10-1-2-11(13(15)16)12(7-10)18-8-9-3-5-17-6-4-9/h1-2,7,9H,3-6,8H2,(H2,15,16). The first-order valence-electron chi connectivity index (χ1n) is 5.96. The molecule has 0 aliphatic carbocycles. The SMILES string of the molecule is NC(=O)c1ccc(Cl)cc1OCC1CCOCC1. The summed E-state index contributed by atoms with van der Waals surface area (Å²) in [5.41, 5.74) is 5.66. The Hall–Kier alpha value is -1.26. The van der Waals surface area contributed by atoms with E-state index in [9.17, 15) is 4.79 Å². The van der Waals surface area contributed by atoms with Crippen molar-refractivity contribution in [3.05, 3.63) is 28.8 Å². The van der Waals surface area contributed by atoms with E-state index < -0.39 is 5.91 Å². The van der Waals surface area contributed by atoms with E-state index in [-0.39, 0.29) is 0 Å². The third-order valence-corrected chi connectivity index (χ3v) is 3.26. The van der Waals surface area contributed by atoms with E-state index in [4.69, 9.17) is 26.8 Å². The summed E-state index contributed by atoms with van der Waals surface area (Å²) in [6, 6.07) is 4.84. The van der Waals surface area contributed by atoms with Gasteiger partial charge in [0.2, 0.25) is 0 Å². The Morgan fingerprint density at radius 3 is 2.83 bits per heavy atom. The lowest BCUT2D eigenvalue weighted by atomic mass is 10.0. The molecular weight excluding hydrogens is 254 g/mol. The smallest absolute Gasteiger partial charge is 0.252 e. The first-order chi connectivity index (χ1) is 8.66. The fourth-order valence-electron chi connectivity index (χ4n) is 1.94. The maximum atomic E-state index is 11.3. The third kappa shape index (κ3) is 3.37. The Bertz CT molecular complexity index is 430. The summed E-state index contributed by atoms with van der Waals surface area (Å²) in [4.78, 5) is 11.3. The van der Waals surface area contributed by atoms with Gasteiger partial charge < -0.3 is 15.2 Å². The molecule has 0 aromatic heterocycles. The summed E-state index contributed by atoms with van der Waals surface area (Å²) < 4.78 is 11.0. The van der Waals surface area contributed by atoms with E-state index in [1.165, 1.54) is 0 Å². The lowest BCUT2D eigenvalue weighted by Gasteiger charge is -2.22. The normalized spacial score (nSPS) is 16.5. The summed E-state index contributed by atoms with van der Waals surface area (Å²) in [5, 5.41) is 0.530. The number of halogens is 1. The minimum atomic E-state index is -0.506. The van der Waals surface area contributed by atoms with Crippen LogP contribution >= 0.6 is 11.6 Å². The van der Waals surface area contributed by atoms with Gasteiger partial charge in [0.25, 0.3) is 5.91 Å². The molecule has 2 N–H and O–H groups in total. The van der Waals surface area contributed by atoms with Gasteiger partial charge in [0.1, 0.15) is 5.75 Å². The van der Waals surface area contributed by atoms with Crippen molar-refractivity contribution in [3.8, 4) is 5.75 Å². The van der Waals surface area contributed by atoms with Gasteiger partial charge in [-0.3, -0.25) is 4.79 Å². The van der Waals surface area contributed by atoms with Gasteiger partial charge in [0.05, 0.1) is 12.2 Å². The van der Waals surface area contributed by atoms with Crippen molar-refractivity contribution in [2.45, 2.75) is 12.8 Å². The molecule has 0 saturated carbocycles. The van der Waals surface area contributed by atoms with Crippen LogP contribution in [0.1, 0.15) is 23.2 Å². The molecule has 0 spiro atoms. The molecule has 5 heteroatoms. The number of nitrogens with two attached hydrogens (primary N) is 1. The van der Waals surface area contributed by atoms with Crippen LogP contribution < -0.4 is 10.5 Å². The monoisotopic (exact) mass is 269 g/mol. The Morgan fingerprint density at radius 1 is 1.44 bits per heavy atom. The molecule has 98 valence electrons. The minimum Gasteiger partial charge on any atom is -0.492 e. The second-order valence-electron chi connectivity index (χ2n) is 4.37. The Morgan fingerprint density at radius 2 is 2.17 bits per heavy atom. The summed E-state index contributed by atoms with van der Waals surface area (Å²) in [6.45, 7) is 2.10. The molecule has 1 heterocycles. The highest BCUT2D eigenvalue weighted by Crippen LogP contribution is 2.25. The van der Waals surface area contributed by atoms with Gasteiger partial charge in [-0.2, -0.15) is 0 Å². The van der Waals surface area contributed by atoms with Gasteiger partial charge in [0.15, 0.2) is 0 Å². The predicted molar refractivity (Wildman–Crippen MR) is 69.0 cm³/mol. The van der Waals surface area contributed by atoms with E-state index in [2.05, 4.69) is 0 Å². The van der Waals surface area contributed by atoms with Crippen LogP contribution in [0.4, 0.5) is 0 Å². The second kappa shape index (κ2) is 6.07. The van der Waals surface area contributed by atoms with Gasteiger partial charge in [-0.15, -0.1) is 0 Å². The van der Waals surface area contributed by atoms with Crippen LogP contribution in [-0.4, -0.2) is 25.7 Å². The van der Waals surface area contributed by atoms with E-state index in [1.807, 2.05) is 0 Å².